The topological polar surface area (TPSA) is 29.5 Å². The Labute approximate surface area is 122 Å². The summed E-state index contributed by atoms with van der Waals surface area (Å²) in [6.45, 7) is 1.55. The van der Waals surface area contributed by atoms with Crippen molar-refractivity contribution in [3.63, 3.8) is 0 Å². The molecule has 2 unspecified atom stereocenters. The van der Waals surface area contributed by atoms with Crippen molar-refractivity contribution in [2.45, 2.75) is 57.0 Å². The zero-order valence-electron chi connectivity index (χ0n) is 12.3. The molecule has 2 fully saturated rings. The Morgan fingerprint density at radius 1 is 0.950 bits per heavy atom. The van der Waals surface area contributed by atoms with Crippen LogP contribution >= 0.6 is 0 Å². The molecule has 0 spiro atoms. The summed E-state index contributed by atoms with van der Waals surface area (Å²) in [5, 5.41) is 10.5. The molecule has 1 saturated carbocycles. The molecule has 1 saturated heterocycles. The van der Waals surface area contributed by atoms with E-state index in [-0.39, 0.29) is 12.0 Å². The molecule has 0 radical (unpaired) electrons. The van der Waals surface area contributed by atoms with Gasteiger partial charge in [-0.3, -0.25) is 0 Å². The average molecular weight is 274 g/mol. The molecule has 1 aliphatic heterocycles. The molecular formula is C18H26O2. The van der Waals surface area contributed by atoms with Gasteiger partial charge in [-0.15, -0.1) is 0 Å². The van der Waals surface area contributed by atoms with Crippen LogP contribution in [0.5, 0.6) is 0 Å². The standard InChI is InChI=1S/C18H26O2/c19-18(17-7-4-12-20-13-17)16-10-8-15(9-11-16)14-5-2-1-3-6-14/h8-11,14,17-19H,1-7,12-13H2. The number of aliphatic hydroxyl groups excluding tert-OH is 1. The quantitative estimate of drug-likeness (QED) is 0.895. The molecule has 2 aliphatic rings. The van der Waals surface area contributed by atoms with Gasteiger partial charge < -0.3 is 9.84 Å². The molecule has 0 amide bonds. The third kappa shape index (κ3) is 3.24. The lowest BCUT2D eigenvalue weighted by Crippen LogP contribution is -2.23. The van der Waals surface area contributed by atoms with Crippen molar-refractivity contribution >= 4 is 0 Å². The van der Waals surface area contributed by atoms with Gasteiger partial charge in [-0.2, -0.15) is 0 Å². The molecule has 2 heteroatoms. The van der Waals surface area contributed by atoms with E-state index in [2.05, 4.69) is 24.3 Å². The maximum Gasteiger partial charge on any atom is 0.0840 e. The third-order valence-electron chi connectivity index (χ3n) is 5.00. The smallest absolute Gasteiger partial charge is 0.0840 e. The molecule has 2 atom stereocenters. The van der Waals surface area contributed by atoms with Crippen LogP contribution in [0.1, 0.15) is 68.1 Å². The zero-order chi connectivity index (χ0) is 13.8. The van der Waals surface area contributed by atoms with E-state index in [4.69, 9.17) is 4.74 Å². The molecule has 1 aromatic rings. The monoisotopic (exact) mass is 274 g/mol. The van der Waals surface area contributed by atoms with Gasteiger partial charge in [-0.05, 0) is 42.7 Å². The molecule has 20 heavy (non-hydrogen) atoms. The summed E-state index contributed by atoms with van der Waals surface area (Å²) in [6, 6.07) is 8.73. The van der Waals surface area contributed by atoms with Crippen LogP contribution in [-0.2, 0) is 4.74 Å². The minimum absolute atomic E-state index is 0.268. The Morgan fingerprint density at radius 2 is 1.70 bits per heavy atom. The van der Waals surface area contributed by atoms with Gasteiger partial charge in [0.2, 0.25) is 0 Å². The lowest BCUT2D eigenvalue weighted by molar-refractivity contribution is -0.00997. The van der Waals surface area contributed by atoms with Crippen LogP contribution in [0, 0.1) is 5.92 Å². The largest absolute Gasteiger partial charge is 0.388 e. The van der Waals surface area contributed by atoms with Gasteiger partial charge in [0.1, 0.15) is 0 Å². The van der Waals surface area contributed by atoms with E-state index < -0.39 is 0 Å². The van der Waals surface area contributed by atoms with E-state index in [9.17, 15) is 5.11 Å². The van der Waals surface area contributed by atoms with Crippen LogP contribution < -0.4 is 0 Å². The maximum atomic E-state index is 10.5. The summed E-state index contributed by atoms with van der Waals surface area (Å²) >= 11 is 0. The van der Waals surface area contributed by atoms with E-state index in [1.54, 1.807) is 0 Å². The Bertz CT molecular complexity index is 400. The normalized spacial score (nSPS) is 26.4. The summed E-state index contributed by atoms with van der Waals surface area (Å²) in [7, 11) is 0. The fourth-order valence-electron chi connectivity index (χ4n) is 3.69. The Kier molecular flexibility index (Phi) is 4.74. The average Bonchev–Trinajstić information content (AvgIpc) is 2.56. The Hall–Kier alpha value is -0.860. The number of hydrogen-bond donors (Lipinski definition) is 1. The predicted octanol–water partition coefficient (Wildman–Crippen LogP) is 4.19. The van der Waals surface area contributed by atoms with Crippen LogP contribution in [0.3, 0.4) is 0 Å². The summed E-state index contributed by atoms with van der Waals surface area (Å²) in [4.78, 5) is 0. The van der Waals surface area contributed by atoms with Gasteiger partial charge >= 0.3 is 0 Å². The summed E-state index contributed by atoms with van der Waals surface area (Å²) < 4.78 is 5.48. The van der Waals surface area contributed by atoms with Crippen LogP contribution in [0.25, 0.3) is 0 Å². The van der Waals surface area contributed by atoms with Gasteiger partial charge in [0, 0.05) is 12.5 Å². The van der Waals surface area contributed by atoms with Gasteiger partial charge in [0.15, 0.2) is 0 Å². The Morgan fingerprint density at radius 3 is 2.35 bits per heavy atom. The minimum Gasteiger partial charge on any atom is -0.388 e. The first-order chi connectivity index (χ1) is 9.84. The minimum atomic E-state index is -0.365. The second kappa shape index (κ2) is 6.73. The molecule has 1 heterocycles. The van der Waals surface area contributed by atoms with Crippen LogP contribution in [-0.4, -0.2) is 18.3 Å². The van der Waals surface area contributed by atoms with E-state index in [0.29, 0.717) is 6.61 Å². The van der Waals surface area contributed by atoms with Crippen molar-refractivity contribution in [2.75, 3.05) is 13.2 Å². The van der Waals surface area contributed by atoms with E-state index >= 15 is 0 Å². The van der Waals surface area contributed by atoms with Crippen molar-refractivity contribution in [3.05, 3.63) is 35.4 Å². The molecule has 1 N–H and O–H groups in total. The second-order valence-electron chi connectivity index (χ2n) is 6.42. The first-order valence-corrected chi connectivity index (χ1v) is 8.20. The summed E-state index contributed by atoms with van der Waals surface area (Å²) in [6.07, 6.45) is 8.58. The predicted molar refractivity (Wildman–Crippen MR) is 80.8 cm³/mol. The highest BCUT2D eigenvalue weighted by atomic mass is 16.5. The number of hydrogen-bond acceptors (Lipinski definition) is 2. The first-order valence-electron chi connectivity index (χ1n) is 8.20. The molecule has 0 bridgehead atoms. The van der Waals surface area contributed by atoms with Crippen molar-refractivity contribution in [1.82, 2.24) is 0 Å². The fraction of sp³-hybridized carbons (Fsp3) is 0.667. The summed E-state index contributed by atoms with van der Waals surface area (Å²) in [5.74, 6) is 1.01. The highest BCUT2D eigenvalue weighted by Crippen LogP contribution is 2.34. The molecule has 0 aromatic heterocycles. The molecular weight excluding hydrogens is 248 g/mol. The highest BCUT2D eigenvalue weighted by Gasteiger charge is 2.24. The molecule has 1 aliphatic carbocycles. The van der Waals surface area contributed by atoms with E-state index in [1.807, 2.05) is 0 Å². The molecule has 1 aromatic carbocycles. The van der Waals surface area contributed by atoms with Gasteiger partial charge in [-0.25, -0.2) is 0 Å². The highest BCUT2D eigenvalue weighted by molar-refractivity contribution is 5.27. The second-order valence-corrected chi connectivity index (χ2v) is 6.42. The first kappa shape index (κ1) is 14.1. The number of aliphatic hydroxyl groups is 1. The van der Waals surface area contributed by atoms with Gasteiger partial charge in [0.25, 0.3) is 0 Å². The maximum absolute atomic E-state index is 10.5. The number of benzene rings is 1. The fourth-order valence-corrected chi connectivity index (χ4v) is 3.69. The van der Waals surface area contributed by atoms with Crippen molar-refractivity contribution in [1.29, 1.82) is 0 Å². The Balaban J connectivity index is 1.65. The van der Waals surface area contributed by atoms with E-state index in [1.165, 1.54) is 37.7 Å². The van der Waals surface area contributed by atoms with Crippen molar-refractivity contribution < 1.29 is 9.84 Å². The van der Waals surface area contributed by atoms with Crippen LogP contribution in [0.2, 0.25) is 0 Å². The van der Waals surface area contributed by atoms with Gasteiger partial charge in [0.05, 0.1) is 12.7 Å². The molecule has 2 nitrogen and oxygen atoms in total. The van der Waals surface area contributed by atoms with E-state index in [0.717, 1.165) is 30.9 Å². The van der Waals surface area contributed by atoms with Crippen molar-refractivity contribution in [3.8, 4) is 0 Å². The summed E-state index contributed by atoms with van der Waals surface area (Å²) in [5.41, 5.74) is 2.51. The van der Waals surface area contributed by atoms with Crippen molar-refractivity contribution in [2.24, 2.45) is 5.92 Å². The zero-order valence-corrected chi connectivity index (χ0v) is 12.3. The lowest BCUT2D eigenvalue weighted by Gasteiger charge is -2.27. The van der Waals surface area contributed by atoms with Crippen LogP contribution in [0.4, 0.5) is 0 Å². The molecule has 3 rings (SSSR count). The molecule has 110 valence electrons. The SMILES string of the molecule is OC(c1ccc(C2CCCCC2)cc1)C1CCCOC1. The lowest BCUT2D eigenvalue weighted by atomic mass is 9.83. The van der Waals surface area contributed by atoms with Gasteiger partial charge in [-0.1, -0.05) is 43.5 Å². The number of ether oxygens (including phenoxy) is 1. The van der Waals surface area contributed by atoms with Crippen LogP contribution in [0.15, 0.2) is 24.3 Å². The number of rotatable bonds is 3. The third-order valence-corrected chi connectivity index (χ3v) is 5.00.